The highest BCUT2D eigenvalue weighted by Crippen LogP contribution is 2.26. The summed E-state index contributed by atoms with van der Waals surface area (Å²) >= 11 is 0. The molecule has 4 heteroatoms. The summed E-state index contributed by atoms with van der Waals surface area (Å²) in [7, 11) is 0. The van der Waals surface area contributed by atoms with E-state index < -0.39 is 0 Å². The van der Waals surface area contributed by atoms with Crippen molar-refractivity contribution in [1.82, 2.24) is 4.90 Å². The second-order valence-electron chi connectivity index (χ2n) is 8.56. The van der Waals surface area contributed by atoms with Gasteiger partial charge in [0.25, 0.3) is 0 Å². The van der Waals surface area contributed by atoms with Crippen LogP contribution in [0.4, 0.5) is 15.8 Å². The van der Waals surface area contributed by atoms with Crippen molar-refractivity contribution in [3.05, 3.63) is 70.8 Å². The summed E-state index contributed by atoms with van der Waals surface area (Å²) in [5, 5.41) is 0. The molecule has 2 aromatic rings. The normalized spacial score (nSPS) is 15.6. The zero-order valence-electron chi connectivity index (χ0n) is 16.5. The van der Waals surface area contributed by atoms with Crippen molar-refractivity contribution in [1.29, 1.82) is 0 Å². The first-order chi connectivity index (χ1) is 12.8. The molecule has 1 aliphatic rings. The Morgan fingerprint density at radius 1 is 0.963 bits per heavy atom. The summed E-state index contributed by atoms with van der Waals surface area (Å²) in [6.07, 6.45) is 1.09. The molecular formula is C23H28FN3. The van der Waals surface area contributed by atoms with Gasteiger partial charge in [0.15, 0.2) is 5.69 Å². The summed E-state index contributed by atoms with van der Waals surface area (Å²) in [6.45, 7) is 18.1. The van der Waals surface area contributed by atoms with Crippen molar-refractivity contribution in [2.45, 2.75) is 33.7 Å². The lowest BCUT2D eigenvalue weighted by molar-refractivity contribution is 0.249. The zero-order chi connectivity index (χ0) is 19.4. The number of hydrogen-bond donors (Lipinski definition) is 0. The van der Waals surface area contributed by atoms with Crippen molar-refractivity contribution in [3.63, 3.8) is 0 Å². The highest BCUT2D eigenvalue weighted by molar-refractivity contribution is 5.57. The van der Waals surface area contributed by atoms with Crippen molar-refractivity contribution < 1.29 is 4.39 Å². The van der Waals surface area contributed by atoms with E-state index in [2.05, 4.69) is 59.7 Å². The fourth-order valence-corrected chi connectivity index (χ4v) is 3.60. The number of piperazine rings is 1. The topological polar surface area (TPSA) is 10.8 Å². The molecule has 0 N–H and O–H groups in total. The lowest BCUT2D eigenvalue weighted by atomic mass is 9.88. The predicted molar refractivity (Wildman–Crippen MR) is 110 cm³/mol. The highest BCUT2D eigenvalue weighted by Gasteiger charge is 2.20. The van der Waals surface area contributed by atoms with Gasteiger partial charge in [-0.05, 0) is 35.1 Å². The van der Waals surface area contributed by atoms with Gasteiger partial charge in [-0.25, -0.2) is 9.24 Å². The van der Waals surface area contributed by atoms with E-state index in [0.717, 1.165) is 39.1 Å². The first-order valence-electron chi connectivity index (χ1n) is 9.56. The molecule has 1 heterocycles. The fraction of sp³-hybridized carbons (Fsp3) is 0.435. The SMILES string of the molecule is [C-]#[N+]c1ccc(N2CCN(Cc3ccc(CC(C)(C)C)cc3)CC2)c(F)c1. The smallest absolute Gasteiger partial charge is 0.190 e. The van der Waals surface area contributed by atoms with Crippen LogP contribution in [0.3, 0.4) is 0 Å². The molecule has 0 aliphatic carbocycles. The Morgan fingerprint density at radius 3 is 2.15 bits per heavy atom. The van der Waals surface area contributed by atoms with Crippen molar-refractivity contribution in [3.8, 4) is 0 Å². The number of nitrogens with zero attached hydrogens (tertiary/aromatic N) is 3. The monoisotopic (exact) mass is 365 g/mol. The van der Waals surface area contributed by atoms with Crippen molar-refractivity contribution in [2.24, 2.45) is 5.41 Å². The van der Waals surface area contributed by atoms with E-state index in [1.165, 1.54) is 17.2 Å². The van der Waals surface area contributed by atoms with E-state index in [4.69, 9.17) is 6.57 Å². The van der Waals surface area contributed by atoms with E-state index in [9.17, 15) is 4.39 Å². The van der Waals surface area contributed by atoms with Gasteiger partial charge in [0.05, 0.1) is 12.3 Å². The van der Waals surface area contributed by atoms with Gasteiger partial charge in [-0.2, -0.15) is 0 Å². The molecule has 3 rings (SSSR count). The average molecular weight is 365 g/mol. The van der Waals surface area contributed by atoms with Gasteiger partial charge in [0, 0.05) is 32.7 Å². The predicted octanol–water partition coefficient (Wildman–Crippen LogP) is 5.29. The molecule has 1 saturated heterocycles. The van der Waals surface area contributed by atoms with Gasteiger partial charge in [0.1, 0.15) is 5.82 Å². The fourth-order valence-electron chi connectivity index (χ4n) is 3.60. The van der Waals surface area contributed by atoms with Crippen LogP contribution in [0.1, 0.15) is 31.9 Å². The van der Waals surface area contributed by atoms with Gasteiger partial charge >= 0.3 is 0 Å². The first-order valence-corrected chi connectivity index (χ1v) is 9.56. The van der Waals surface area contributed by atoms with Crippen LogP contribution in [0.25, 0.3) is 4.85 Å². The Kier molecular flexibility index (Phi) is 5.82. The number of anilines is 1. The standard InChI is InChI=1S/C23H28FN3/c1-23(2,3)16-18-5-7-19(8-6-18)17-26-11-13-27(14-12-26)22-10-9-20(25-4)15-21(22)24/h5-10,15H,11-14,16-17H2,1-3H3. The molecule has 3 nitrogen and oxygen atoms in total. The average Bonchev–Trinajstić information content (AvgIpc) is 2.63. The molecule has 0 amide bonds. The minimum atomic E-state index is -0.300. The molecule has 142 valence electrons. The van der Waals surface area contributed by atoms with Gasteiger partial charge in [-0.1, -0.05) is 51.1 Å². The molecule has 27 heavy (non-hydrogen) atoms. The molecule has 2 aromatic carbocycles. The molecule has 0 spiro atoms. The Labute approximate surface area is 162 Å². The Hall–Kier alpha value is -2.38. The maximum Gasteiger partial charge on any atom is 0.190 e. The van der Waals surface area contributed by atoms with Crippen LogP contribution in [0.15, 0.2) is 42.5 Å². The maximum atomic E-state index is 14.2. The molecule has 0 unspecified atom stereocenters. The summed E-state index contributed by atoms with van der Waals surface area (Å²) in [4.78, 5) is 7.78. The van der Waals surface area contributed by atoms with E-state index in [1.807, 2.05) is 0 Å². The van der Waals surface area contributed by atoms with Gasteiger partial charge in [0.2, 0.25) is 0 Å². The molecule has 0 saturated carbocycles. The second-order valence-corrected chi connectivity index (χ2v) is 8.56. The Morgan fingerprint density at radius 2 is 1.59 bits per heavy atom. The van der Waals surface area contributed by atoms with E-state index in [-0.39, 0.29) is 5.82 Å². The molecule has 0 radical (unpaired) electrons. The quantitative estimate of drug-likeness (QED) is 0.682. The third-order valence-electron chi connectivity index (χ3n) is 4.94. The number of benzene rings is 2. The third-order valence-corrected chi connectivity index (χ3v) is 4.94. The number of halogens is 1. The minimum Gasteiger partial charge on any atom is -0.367 e. The Bertz CT molecular complexity index is 807. The van der Waals surface area contributed by atoms with E-state index in [0.29, 0.717) is 16.8 Å². The maximum absolute atomic E-state index is 14.2. The lowest BCUT2D eigenvalue weighted by Gasteiger charge is -2.36. The molecule has 0 bridgehead atoms. The summed E-state index contributed by atoms with van der Waals surface area (Å²) in [5.74, 6) is -0.300. The summed E-state index contributed by atoms with van der Waals surface area (Å²) < 4.78 is 14.2. The van der Waals surface area contributed by atoms with Crippen LogP contribution in [0.2, 0.25) is 0 Å². The summed E-state index contributed by atoms with van der Waals surface area (Å²) in [6, 6.07) is 13.7. The van der Waals surface area contributed by atoms with Gasteiger partial charge in [-0.3, -0.25) is 4.90 Å². The molecule has 1 fully saturated rings. The van der Waals surface area contributed by atoms with E-state index in [1.54, 1.807) is 12.1 Å². The summed E-state index contributed by atoms with van der Waals surface area (Å²) in [5.41, 5.74) is 3.97. The first kappa shape index (κ1) is 19.4. The molecular weight excluding hydrogens is 337 g/mol. The molecule has 1 aliphatic heterocycles. The van der Waals surface area contributed by atoms with Crippen molar-refractivity contribution >= 4 is 11.4 Å². The van der Waals surface area contributed by atoms with E-state index >= 15 is 0 Å². The number of hydrogen-bond acceptors (Lipinski definition) is 2. The number of rotatable bonds is 4. The van der Waals surface area contributed by atoms with Crippen LogP contribution in [-0.2, 0) is 13.0 Å². The molecule has 0 atom stereocenters. The van der Waals surface area contributed by atoms with Crippen LogP contribution in [-0.4, -0.2) is 31.1 Å². The lowest BCUT2D eigenvalue weighted by Crippen LogP contribution is -2.46. The van der Waals surface area contributed by atoms with Crippen LogP contribution >= 0.6 is 0 Å². The highest BCUT2D eigenvalue weighted by atomic mass is 19.1. The van der Waals surface area contributed by atoms with Crippen LogP contribution < -0.4 is 4.90 Å². The van der Waals surface area contributed by atoms with Crippen molar-refractivity contribution in [2.75, 3.05) is 31.1 Å². The zero-order valence-corrected chi connectivity index (χ0v) is 16.5. The second kappa shape index (κ2) is 8.10. The van der Waals surface area contributed by atoms with Crippen LogP contribution in [0, 0.1) is 17.8 Å². The molecule has 0 aromatic heterocycles. The largest absolute Gasteiger partial charge is 0.367 e. The van der Waals surface area contributed by atoms with Gasteiger partial charge < -0.3 is 4.90 Å². The van der Waals surface area contributed by atoms with Crippen LogP contribution in [0.5, 0.6) is 0 Å². The Balaban J connectivity index is 1.54. The minimum absolute atomic E-state index is 0.300. The van der Waals surface area contributed by atoms with Gasteiger partial charge in [-0.15, -0.1) is 0 Å². The third kappa shape index (κ3) is 5.30.